The minimum absolute atomic E-state index is 0.155. The van der Waals surface area contributed by atoms with Gasteiger partial charge in [0.1, 0.15) is 6.04 Å². The van der Waals surface area contributed by atoms with E-state index in [-0.39, 0.29) is 30.7 Å². The Hall–Kier alpha value is -1.43. The first-order valence-corrected chi connectivity index (χ1v) is 7.04. The van der Waals surface area contributed by atoms with Crippen molar-refractivity contribution >= 4 is 17.8 Å². The zero-order valence-corrected chi connectivity index (χ0v) is 12.3. The van der Waals surface area contributed by atoms with Crippen LogP contribution in [0.3, 0.4) is 0 Å². The molecule has 6 heteroatoms. The Morgan fingerprint density at radius 1 is 1.45 bits per heavy atom. The lowest BCUT2D eigenvalue weighted by atomic mass is 9.92. The van der Waals surface area contributed by atoms with Gasteiger partial charge < -0.3 is 10.1 Å². The van der Waals surface area contributed by atoms with Gasteiger partial charge in [-0.05, 0) is 19.3 Å². The summed E-state index contributed by atoms with van der Waals surface area (Å²) in [6.07, 6.45) is 2.76. The van der Waals surface area contributed by atoms with Crippen LogP contribution in [-0.2, 0) is 19.1 Å². The average molecular weight is 282 g/mol. The van der Waals surface area contributed by atoms with Gasteiger partial charge in [0.05, 0.1) is 12.5 Å². The van der Waals surface area contributed by atoms with Gasteiger partial charge in [-0.2, -0.15) is 0 Å². The van der Waals surface area contributed by atoms with Gasteiger partial charge in [0.25, 0.3) is 0 Å². The molecule has 2 amide bonds. The Morgan fingerprint density at radius 3 is 2.55 bits per heavy atom. The summed E-state index contributed by atoms with van der Waals surface area (Å²) >= 11 is 0. The van der Waals surface area contributed by atoms with E-state index in [4.69, 9.17) is 4.74 Å². The zero-order chi connectivity index (χ0) is 14.9. The highest BCUT2D eigenvalue weighted by molar-refractivity contribution is 6.05. The van der Waals surface area contributed by atoms with Gasteiger partial charge in [-0.3, -0.25) is 19.3 Å². The largest absolute Gasteiger partial charge is 0.468 e. The maximum atomic E-state index is 12.1. The fourth-order valence-electron chi connectivity index (χ4n) is 2.46. The second-order valence-corrected chi connectivity index (χ2v) is 6.22. The molecule has 2 fully saturated rings. The Labute approximate surface area is 118 Å². The second-order valence-electron chi connectivity index (χ2n) is 6.22. The molecule has 0 spiro atoms. The third-order valence-corrected chi connectivity index (χ3v) is 3.86. The Kier molecular flexibility index (Phi) is 4.13. The van der Waals surface area contributed by atoms with Crippen molar-refractivity contribution in [2.45, 2.75) is 51.6 Å². The summed E-state index contributed by atoms with van der Waals surface area (Å²) in [5.41, 5.74) is -0.623. The SMILES string of the molecule is COC(=O)C(CCN1C(=O)CC(C)(C)C1=O)NC1CC1. The van der Waals surface area contributed by atoms with Crippen molar-refractivity contribution in [3.63, 3.8) is 0 Å². The number of amides is 2. The van der Waals surface area contributed by atoms with Gasteiger partial charge >= 0.3 is 5.97 Å². The first-order chi connectivity index (χ1) is 9.35. The number of nitrogens with zero attached hydrogens (tertiary/aromatic N) is 1. The molecule has 112 valence electrons. The van der Waals surface area contributed by atoms with Gasteiger partial charge in [0, 0.05) is 19.0 Å². The van der Waals surface area contributed by atoms with E-state index in [0.29, 0.717) is 12.5 Å². The lowest BCUT2D eigenvalue weighted by Gasteiger charge is -2.21. The Balaban J connectivity index is 1.93. The van der Waals surface area contributed by atoms with E-state index in [1.165, 1.54) is 12.0 Å². The lowest BCUT2D eigenvalue weighted by molar-refractivity contribution is -0.146. The van der Waals surface area contributed by atoms with Crippen molar-refractivity contribution in [2.75, 3.05) is 13.7 Å². The van der Waals surface area contributed by atoms with Crippen molar-refractivity contribution in [1.29, 1.82) is 0 Å². The summed E-state index contributed by atoms with van der Waals surface area (Å²) in [5, 5.41) is 3.19. The normalized spacial score (nSPS) is 23.1. The van der Waals surface area contributed by atoms with E-state index in [1.54, 1.807) is 13.8 Å². The molecule has 1 N–H and O–H groups in total. The molecule has 1 aliphatic carbocycles. The maximum Gasteiger partial charge on any atom is 0.322 e. The molecule has 0 radical (unpaired) electrons. The molecule has 1 unspecified atom stereocenters. The molecule has 0 bridgehead atoms. The topological polar surface area (TPSA) is 75.7 Å². The molecule has 1 saturated heterocycles. The van der Waals surface area contributed by atoms with E-state index in [9.17, 15) is 14.4 Å². The highest BCUT2D eigenvalue weighted by Crippen LogP contribution is 2.31. The highest BCUT2D eigenvalue weighted by atomic mass is 16.5. The molecule has 0 aromatic rings. The molecule has 0 aromatic carbocycles. The number of nitrogens with one attached hydrogen (secondary N) is 1. The summed E-state index contributed by atoms with van der Waals surface area (Å²) in [6, 6.07) is -0.0858. The summed E-state index contributed by atoms with van der Waals surface area (Å²) in [7, 11) is 1.35. The van der Waals surface area contributed by atoms with Crippen LogP contribution in [0.4, 0.5) is 0 Å². The molecule has 1 heterocycles. The first-order valence-electron chi connectivity index (χ1n) is 7.04. The van der Waals surface area contributed by atoms with Gasteiger partial charge in [0.2, 0.25) is 11.8 Å². The summed E-state index contributed by atoms with van der Waals surface area (Å²) in [4.78, 5) is 36.9. The number of carbonyl (C=O) groups excluding carboxylic acids is 3. The van der Waals surface area contributed by atoms with E-state index in [1.807, 2.05) is 0 Å². The molecule has 1 aliphatic heterocycles. The molecule has 1 saturated carbocycles. The predicted octanol–water partition coefficient (Wildman–Crippen LogP) is 0.455. The van der Waals surface area contributed by atoms with Crippen molar-refractivity contribution in [3.8, 4) is 0 Å². The van der Waals surface area contributed by atoms with Crippen LogP contribution in [0.15, 0.2) is 0 Å². The average Bonchev–Trinajstić information content (AvgIpc) is 3.16. The number of methoxy groups -OCH3 is 1. The number of ether oxygens (including phenoxy) is 1. The van der Waals surface area contributed by atoms with Crippen molar-refractivity contribution in [1.82, 2.24) is 10.2 Å². The molecule has 2 rings (SSSR count). The van der Waals surface area contributed by atoms with Crippen molar-refractivity contribution < 1.29 is 19.1 Å². The Bertz CT molecular complexity index is 429. The fourth-order valence-corrected chi connectivity index (χ4v) is 2.46. The zero-order valence-electron chi connectivity index (χ0n) is 12.3. The fraction of sp³-hybridized carbons (Fsp3) is 0.786. The Morgan fingerprint density at radius 2 is 2.10 bits per heavy atom. The number of likely N-dealkylation sites (tertiary alicyclic amines) is 1. The van der Waals surface area contributed by atoms with Crippen LogP contribution >= 0.6 is 0 Å². The third kappa shape index (κ3) is 3.17. The van der Waals surface area contributed by atoms with Crippen LogP contribution in [0.5, 0.6) is 0 Å². The van der Waals surface area contributed by atoms with Gasteiger partial charge in [-0.15, -0.1) is 0 Å². The number of hydrogen-bond acceptors (Lipinski definition) is 5. The molecular weight excluding hydrogens is 260 g/mol. The lowest BCUT2D eigenvalue weighted by Crippen LogP contribution is -2.43. The smallest absolute Gasteiger partial charge is 0.322 e. The molecule has 6 nitrogen and oxygen atoms in total. The standard InChI is InChI=1S/C14H22N2O4/c1-14(2)8-11(17)16(13(14)19)7-6-10(12(18)20-3)15-9-4-5-9/h9-10,15H,4-8H2,1-3H3. The highest BCUT2D eigenvalue weighted by Gasteiger charge is 2.44. The van der Waals surface area contributed by atoms with Crippen molar-refractivity contribution in [3.05, 3.63) is 0 Å². The van der Waals surface area contributed by atoms with Gasteiger partial charge in [0.15, 0.2) is 0 Å². The molecule has 0 aromatic heterocycles. The van der Waals surface area contributed by atoms with E-state index in [0.717, 1.165) is 12.8 Å². The number of esters is 1. The van der Waals surface area contributed by atoms with E-state index in [2.05, 4.69) is 5.32 Å². The van der Waals surface area contributed by atoms with Crippen LogP contribution in [-0.4, -0.2) is 48.4 Å². The van der Waals surface area contributed by atoms with Gasteiger partial charge in [-0.25, -0.2) is 0 Å². The monoisotopic (exact) mass is 282 g/mol. The van der Waals surface area contributed by atoms with E-state index < -0.39 is 11.5 Å². The first kappa shape index (κ1) is 15.0. The van der Waals surface area contributed by atoms with E-state index >= 15 is 0 Å². The molecule has 2 aliphatic rings. The number of rotatable bonds is 6. The third-order valence-electron chi connectivity index (χ3n) is 3.86. The molecule has 20 heavy (non-hydrogen) atoms. The molecule has 1 atom stereocenters. The molecular formula is C14H22N2O4. The van der Waals surface area contributed by atoms with Crippen LogP contribution in [0.2, 0.25) is 0 Å². The van der Waals surface area contributed by atoms with Crippen LogP contribution < -0.4 is 5.32 Å². The maximum absolute atomic E-state index is 12.1. The number of imide groups is 1. The number of carbonyl (C=O) groups is 3. The number of hydrogen-bond donors (Lipinski definition) is 1. The quantitative estimate of drug-likeness (QED) is 0.565. The summed E-state index contributed by atoms with van der Waals surface area (Å²) in [5.74, 6) is -0.650. The van der Waals surface area contributed by atoms with Crippen LogP contribution in [0.25, 0.3) is 0 Å². The predicted molar refractivity (Wildman–Crippen MR) is 71.7 cm³/mol. The minimum atomic E-state index is -0.623. The van der Waals surface area contributed by atoms with Crippen LogP contribution in [0, 0.1) is 5.41 Å². The summed E-state index contributed by atoms with van der Waals surface area (Å²) in [6.45, 7) is 3.81. The summed E-state index contributed by atoms with van der Waals surface area (Å²) < 4.78 is 4.76. The minimum Gasteiger partial charge on any atom is -0.468 e. The van der Waals surface area contributed by atoms with Gasteiger partial charge in [-0.1, -0.05) is 13.8 Å². The van der Waals surface area contributed by atoms with Crippen molar-refractivity contribution in [2.24, 2.45) is 5.41 Å². The van der Waals surface area contributed by atoms with Crippen LogP contribution in [0.1, 0.15) is 39.5 Å². The second kappa shape index (κ2) is 5.52.